The molecule has 17 heavy (non-hydrogen) atoms. The third-order valence-corrected chi connectivity index (χ3v) is 2.21. The van der Waals surface area contributed by atoms with Crippen LogP contribution in [0.1, 0.15) is 20.3 Å². The van der Waals surface area contributed by atoms with Crippen LogP contribution in [0, 0.1) is 5.41 Å². The third kappa shape index (κ3) is 7.66. The predicted molar refractivity (Wildman–Crippen MR) is 71.7 cm³/mol. The van der Waals surface area contributed by atoms with Crippen LogP contribution in [0.3, 0.4) is 0 Å². The number of rotatable bonds is 3. The lowest BCUT2D eigenvalue weighted by molar-refractivity contribution is -0.108. The molecule has 96 valence electrons. The standard InChI is InChI=1S/C12H17NO.C2H6O/c1-12(2)6-3-4-10(5-7-12)8-11(13)9-14;1-3-2/h3-7,9,11H,8,13H2,1-2H3;1-2H3. The van der Waals surface area contributed by atoms with E-state index >= 15 is 0 Å². The SMILES string of the molecule is CC1(C)C=CC=C(CC(N)C=O)C=C1.COC. The molecule has 0 radical (unpaired) electrons. The van der Waals surface area contributed by atoms with Crippen LogP contribution in [0.5, 0.6) is 0 Å². The normalized spacial score (nSPS) is 18.5. The average Bonchev–Trinajstić information content (AvgIpc) is 2.41. The molecule has 0 heterocycles. The molecule has 0 bridgehead atoms. The van der Waals surface area contributed by atoms with Crippen molar-refractivity contribution in [2.24, 2.45) is 11.1 Å². The van der Waals surface area contributed by atoms with Gasteiger partial charge in [0.2, 0.25) is 0 Å². The Morgan fingerprint density at radius 3 is 2.53 bits per heavy atom. The molecule has 0 saturated carbocycles. The van der Waals surface area contributed by atoms with Crippen LogP contribution in [0.15, 0.2) is 36.0 Å². The molecule has 0 aromatic carbocycles. The van der Waals surface area contributed by atoms with Crippen molar-refractivity contribution in [3.8, 4) is 0 Å². The zero-order chi connectivity index (χ0) is 13.3. The fraction of sp³-hybridized carbons (Fsp3) is 0.500. The summed E-state index contributed by atoms with van der Waals surface area (Å²) in [5, 5.41) is 0. The minimum Gasteiger partial charge on any atom is -0.388 e. The summed E-state index contributed by atoms with van der Waals surface area (Å²) in [7, 11) is 3.25. The van der Waals surface area contributed by atoms with Gasteiger partial charge in [0, 0.05) is 19.6 Å². The van der Waals surface area contributed by atoms with Gasteiger partial charge in [0.15, 0.2) is 0 Å². The van der Waals surface area contributed by atoms with Gasteiger partial charge in [0.25, 0.3) is 0 Å². The maximum Gasteiger partial charge on any atom is 0.137 e. The molecule has 0 aromatic rings. The molecular weight excluding hydrogens is 214 g/mol. The van der Waals surface area contributed by atoms with Crippen molar-refractivity contribution in [3.05, 3.63) is 36.0 Å². The lowest BCUT2D eigenvalue weighted by Crippen LogP contribution is -2.21. The summed E-state index contributed by atoms with van der Waals surface area (Å²) in [6.07, 6.45) is 11.7. The summed E-state index contributed by atoms with van der Waals surface area (Å²) in [4.78, 5) is 10.4. The second-order valence-corrected chi connectivity index (χ2v) is 4.67. The Labute approximate surface area is 104 Å². The summed E-state index contributed by atoms with van der Waals surface area (Å²) in [6, 6.07) is -0.388. The minimum atomic E-state index is -0.388. The van der Waals surface area contributed by atoms with Crippen LogP contribution < -0.4 is 5.73 Å². The Morgan fingerprint density at radius 2 is 2.00 bits per heavy atom. The lowest BCUT2D eigenvalue weighted by atomic mass is 9.93. The van der Waals surface area contributed by atoms with Crippen LogP contribution in [-0.4, -0.2) is 26.5 Å². The second-order valence-electron chi connectivity index (χ2n) is 4.67. The smallest absolute Gasteiger partial charge is 0.137 e. The average molecular weight is 237 g/mol. The number of hydrogen-bond donors (Lipinski definition) is 1. The first-order valence-electron chi connectivity index (χ1n) is 5.64. The van der Waals surface area contributed by atoms with Crippen LogP contribution in [0.4, 0.5) is 0 Å². The maximum atomic E-state index is 10.4. The van der Waals surface area contributed by atoms with Crippen LogP contribution in [0.25, 0.3) is 0 Å². The van der Waals surface area contributed by atoms with Crippen molar-refractivity contribution in [3.63, 3.8) is 0 Å². The van der Waals surface area contributed by atoms with Crippen LogP contribution in [-0.2, 0) is 9.53 Å². The van der Waals surface area contributed by atoms with Gasteiger partial charge >= 0.3 is 0 Å². The molecule has 1 atom stereocenters. The summed E-state index contributed by atoms with van der Waals surface area (Å²) >= 11 is 0. The van der Waals surface area contributed by atoms with Crippen molar-refractivity contribution in [1.82, 2.24) is 0 Å². The van der Waals surface area contributed by atoms with E-state index in [1.54, 1.807) is 14.2 Å². The maximum absolute atomic E-state index is 10.4. The first-order chi connectivity index (χ1) is 7.95. The van der Waals surface area contributed by atoms with E-state index in [9.17, 15) is 4.79 Å². The van der Waals surface area contributed by atoms with Crippen molar-refractivity contribution in [1.29, 1.82) is 0 Å². The molecule has 2 N–H and O–H groups in total. The minimum absolute atomic E-state index is 0.0868. The number of ether oxygens (including phenoxy) is 1. The predicted octanol–water partition coefficient (Wildman–Crippen LogP) is 2.24. The number of hydrogen-bond acceptors (Lipinski definition) is 3. The fourth-order valence-corrected chi connectivity index (χ4v) is 1.31. The Morgan fingerprint density at radius 1 is 1.41 bits per heavy atom. The highest BCUT2D eigenvalue weighted by Crippen LogP contribution is 2.23. The number of carbonyl (C=O) groups is 1. The zero-order valence-corrected chi connectivity index (χ0v) is 11.1. The Hall–Kier alpha value is -1.19. The van der Waals surface area contributed by atoms with E-state index in [0.717, 1.165) is 11.9 Å². The monoisotopic (exact) mass is 237 g/mol. The first-order valence-corrected chi connectivity index (χ1v) is 5.64. The van der Waals surface area contributed by atoms with Gasteiger partial charge in [-0.3, -0.25) is 0 Å². The van der Waals surface area contributed by atoms with Crippen LogP contribution >= 0.6 is 0 Å². The molecule has 0 fully saturated rings. The molecule has 3 heteroatoms. The van der Waals surface area contributed by atoms with E-state index in [4.69, 9.17) is 5.73 Å². The van der Waals surface area contributed by atoms with Crippen molar-refractivity contribution in [2.45, 2.75) is 26.3 Å². The van der Waals surface area contributed by atoms with E-state index < -0.39 is 0 Å². The fourth-order valence-electron chi connectivity index (χ4n) is 1.31. The van der Waals surface area contributed by atoms with Gasteiger partial charge in [-0.2, -0.15) is 0 Å². The molecule has 1 unspecified atom stereocenters. The van der Waals surface area contributed by atoms with Gasteiger partial charge < -0.3 is 15.3 Å². The molecule has 3 nitrogen and oxygen atoms in total. The second kappa shape index (κ2) is 7.98. The van der Waals surface area contributed by atoms with Gasteiger partial charge in [-0.05, 0) is 12.0 Å². The lowest BCUT2D eigenvalue weighted by Gasteiger charge is -2.12. The zero-order valence-electron chi connectivity index (χ0n) is 11.1. The molecule has 0 spiro atoms. The highest BCUT2D eigenvalue weighted by atomic mass is 16.4. The highest BCUT2D eigenvalue weighted by Gasteiger charge is 2.11. The molecular formula is C14H23NO2. The summed E-state index contributed by atoms with van der Waals surface area (Å²) in [6.45, 7) is 4.27. The van der Waals surface area contributed by atoms with Gasteiger partial charge in [0.05, 0.1) is 6.04 Å². The Balaban J connectivity index is 0.000000770. The van der Waals surface area contributed by atoms with Gasteiger partial charge in [-0.15, -0.1) is 0 Å². The number of nitrogens with two attached hydrogens (primary N) is 1. The quantitative estimate of drug-likeness (QED) is 0.766. The van der Waals surface area contributed by atoms with Gasteiger partial charge in [-0.25, -0.2) is 0 Å². The molecule has 0 aromatic heterocycles. The van der Waals surface area contributed by atoms with E-state index in [-0.39, 0.29) is 11.5 Å². The topological polar surface area (TPSA) is 52.3 Å². The molecule has 1 aliphatic rings. The van der Waals surface area contributed by atoms with Crippen molar-refractivity contribution >= 4 is 6.29 Å². The number of methoxy groups -OCH3 is 1. The van der Waals surface area contributed by atoms with E-state index in [1.165, 1.54) is 0 Å². The largest absolute Gasteiger partial charge is 0.388 e. The van der Waals surface area contributed by atoms with E-state index in [2.05, 4.69) is 30.7 Å². The third-order valence-electron chi connectivity index (χ3n) is 2.21. The van der Waals surface area contributed by atoms with Crippen molar-refractivity contribution < 1.29 is 9.53 Å². The Kier molecular flexibility index (Phi) is 7.42. The Bertz CT molecular complexity index is 314. The van der Waals surface area contributed by atoms with Crippen molar-refractivity contribution in [2.75, 3.05) is 14.2 Å². The molecule has 1 rings (SSSR count). The van der Waals surface area contributed by atoms with E-state index in [1.807, 2.05) is 18.2 Å². The molecule has 1 aliphatic carbocycles. The summed E-state index contributed by atoms with van der Waals surface area (Å²) < 4.78 is 4.25. The van der Waals surface area contributed by atoms with Gasteiger partial charge in [-0.1, -0.05) is 44.2 Å². The molecule has 0 aliphatic heterocycles. The van der Waals surface area contributed by atoms with E-state index in [0.29, 0.717) is 6.42 Å². The molecule has 0 amide bonds. The number of allylic oxidation sites excluding steroid dienone is 5. The highest BCUT2D eigenvalue weighted by molar-refractivity contribution is 5.58. The number of carbonyl (C=O) groups excluding carboxylic acids is 1. The first kappa shape index (κ1) is 15.8. The van der Waals surface area contributed by atoms with Gasteiger partial charge in [0.1, 0.15) is 6.29 Å². The summed E-state index contributed by atoms with van der Waals surface area (Å²) in [5.41, 5.74) is 6.75. The summed E-state index contributed by atoms with van der Waals surface area (Å²) in [5.74, 6) is 0. The molecule has 0 saturated heterocycles. The number of aldehydes is 1. The van der Waals surface area contributed by atoms with Crippen LogP contribution in [0.2, 0.25) is 0 Å².